The molecule has 4 heterocycles. The van der Waals surface area contributed by atoms with Crippen molar-refractivity contribution in [3.8, 4) is 0 Å². The molecule has 4 aromatic rings. The molecular weight excluding hydrogens is 396 g/mol. The minimum atomic E-state index is 0.829. The van der Waals surface area contributed by atoms with Crippen molar-refractivity contribution in [2.24, 2.45) is 0 Å². The first-order valence-corrected chi connectivity index (χ1v) is 10.4. The Balaban J connectivity index is 0.000000213. The number of nitrogens with zero attached hydrogens (tertiary/aromatic N) is 6. The Bertz CT molecular complexity index is 752. The van der Waals surface area contributed by atoms with Crippen LogP contribution in [0.25, 0.3) is 0 Å². The summed E-state index contributed by atoms with van der Waals surface area (Å²) < 4.78 is 0. The number of rotatable bonds is 0. The summed E-state index contributed by atoms with van der Waals surface area (Å²) in [6.07, 6.45) is 11.0. The zero-order valence-corrected chi connectivity index (χ0v) is 20.5. The maximum absolute atomic E-state index is 4.08. The van der Waals surface area contributed by atoms with Crippen LogP contribution in [0.4, 0.5) is 0 Å². The van der Waals surface area contributed by atoms with Crippen LogP contribution in [0.2, 0.25) is 0 Å². The number of aryl methyl sites for hydroxylation is 8. The molecule has 32 heavy (non-hydrogen) atoms. The van der Waals surface area contributed by atoms with Gasteiger partial charge in [-0.05, 0) is 89.8 Å². The molecule has 168 valence electrons. The van der Waals surface area contributed by atoms with Gasteiger partial charge in [0.05, 0.1) is 0 Å². The maximum atomic E-state index is 4.08. The number of hydrogen-bond acceptors (Lipinski definition) is 6. The molecule has 0 N–H and O–H groups in total. The van der Waals surface area contributed by atoms with E-state index in [1.54, 1.807) is 0 Å². The predicted molar refractivity (Wildman–Crippen MR) is 130 cm³/mol. The summed E-state index contributed by atoms with van der Waals surface area (Å²) in [6, 6.07) is 8.13. The molecule has 0 unspecified atom stereocenters. The molecule has 0 aliphatic carbocycles. The van der Waals surface area contributed by atoms with E-state index in [1.165, 1.54) is 11.1 Å². The standard InChI is InChI=1S/2C7H9N.2C6H8N2/c2*1-6-3-4-7(2)8-5-6;2*1-5-3-7-6(2)8-4-5/h2*3-5H,1-2H3;2*3-4H,1-2H3. The molecule has 0 aliphatic heterocycles. The van der Waals surface area contributed by atoms with Crippen LogP contribution in [0.1, 0.15) is 45.3 Å². The van der Waals surface area contributed by atoms with E-state index in [1.807, 2.05) is 105 Å². The third-order valence-corrected chi connectivity index (χ3v) is 3.94. The summed E-state index contributed by atoms with van der Waals surface area (Å²) in [6.45, 7) is 15.7. The van der Waals surface area contributed by atoms with Crippen molar-refractivity contribution >= 4 is 0 Å². The first kappa shape index (κ1) is 26.5. The van der Waals surface area contributed by atoms with Crippen LogP contribution in [0.5, 0.6) is 0 Å². The minimum Gasteiger partial charge on any atom is -0.261 e. The fourth-order valence-corrected chi connectivity index (χ4v) is 2.00. The van der Waals surface area contributed by atoms with Gasteiger partial charge < -0.3 is 0 Å². The number of pyridine rings is 2. The Morgan fingerprint density at radius 2 is 0.625 bits per heavy atom. The summed E-state index contributed by atoms with van der Waals surface area (Å²) in [5, 5.41) is 0. The lowest BCUT2D eigenvalue weighted by atomic mass is 10.3. The lowest BCUT2D eigenvalue weighted by molar-refractivity contribution is 1.03. The van der Waals surface area contributed by atoms with E-state index in [-0.39, 0.29) is 0 Å². The van der Waals surface area contributed by atoms with Gasteiger partial charge in [-0.15, -0.1) is 0 Å². The molecule has 6 nitrogen and oxygen atoms in total. The van der Waals surface area contributed by atoms with Crippen LogP contribution in [-0.4, -0.2) is 29.9 Å². The molecule has 0 atom stereocenters. The van der Waals surface area contributed by atoms with Gasteiger partial charge in [-0.3, -0.25) is 9.97 Å². The second-order valence-corrected chi connectivity index (χ2v) is 7.57. The smallest absolute Gasteiger partial charge is 0.125 e. The lowest BCUT2D eigenvalue weighted by Crippen LogP contribution is -1.84. The highest BCUT2D eigenvalue weighted by Crippen LogP contribution is 1.95. The molecule has 0 spiro atoms. The van der Waals surface area contributed by atoms with Crippen molar-refractivity contribution in [1.29, 1.82) is 0 Å². The van der Waals surface area contributed by atoms with Crippen LogP contribution in [0.15, 0.2) is 61.4 Å². The molecule has 0 saturated heterocycles. The monoisotopic (exact) mass is 430 g/mol. The average Bonchev–Trinajstić information content (AvgIpc) is 2.78. The first-order valence-electron chi connectivity index (χ1n) is 10.4. The normalized spacial score (nSPS) is 9.25. The molecule has 0 aromatic carbocycles. The zero-order chi connectivity index (χ0) is 23.9. The van der Waals surface area contributed by atoms with E-state index in [0.717, 1.165) is 34.2 Å². The van der Waals surface area contributed by atoms with Crippen molar-refractivity contribution in [1.82, 2.24) is 29.9 Å². The third-order valence-electron chi connectivity index (χ3n) is 3.94. The molecular formula is C26H34N6. The van der Waals surface area contributed by atoms with Crippen molar-refractivity contribution in [2.75, 3.05) is 0 Å². The number of hydrogen-bond donors (Lipinski definition) is 0. The summed E-state index contributed by atoms with van der Waals surface area (Å²) in [7, 11) is 0. The van der Waals surface area contributed by atoms with Crippen LogP contribution < -0.4 is 0 Å². The summed E-state index contributed by atoms with van der Waals surface area (Å²) in [5.41, 5.74) is 6.81. The second kappa shape index (κ2) is 14.5. The molecule has 4 aromatic heterocycles. The third kappa shape index (κ3) is 12.9. The Hall–Kier alpha value is -3.54. The van der Waals surface area contributed by atoms with Crippen molar-refractivity contribution < 1.29 is 0 Å². The Labute approximate surface area is 192 Å². The van der Waals surface area contributed by atoms with Gasteiger partial charge in [0.15, 0.2) is 0 Å². The van der Waals surface area contributed by atoms with Gasteiger partial charge in [0, 0.05) is 48.6 Å². The molecule has 0 fully saturated rings. The van der Waals surface area contributed by atoms with Gasteiger partial charge in [-0.25, -0.2) is 19.9 Å². The van der Waals surface area contributed by atoms with E-state index in [9.17, 15) is 0 Å². The maximum Gasteiger partial charge on any atom is 0.125 e. The van der Waals surface area contributed by atoms with Gasteiger partial charge >= 0.3 is 0 Å². The zero-order valence-electron chi connectivity index (χ0n) is 20.5. The highest BCUT2D eigenvalue weighted by Gasteiger charge is 1.84. The largest absolute Gasteiger partial charge is 0.261 e. The molecule has 0 aliphatic rings. The van der Waals surface area contributed by atoms with Crippen LogP contribution in [-0.2, 0) is 0 Å². The van der Waals surface area contributed by atoms with Gasteiger partial charge in [-0.1, -0.05) is 12.1 Å². The predicted octanol–water partition coefficient (Wildman–Crippen LogP) is 5.58. The Morgan fingerprint density at radius 3 is 0.812 bits per heavy atom. The minimum absolute atomic E-state index is 0.829. The molecule has 4 rings (SSSR count). The van der Waals surface area contributed by atoms with Gasteiger partial charge in [0.25, 0.3) is 0 Å². The average molecular weight is 431 g/mol. The Morgan fingerprint density at radius 1 is 0.344 bits per heavy atom. The van der Waals surface area contributed by atoms with Crippen LogP contribution in [0, 0.1) is 55.4 Å². The van der Waals surface area contributed by atoms with Gasteiger partial charge in [0.1, 0.15) is 11.6 Å². The molecule has 0 bridgehead atoms. The fraction of sp³-hybridized carbons (Fsp3) is 0.308. The van der Waals surface area contributed by atoms with E-state index in [4.69, 9.17) is 0 Å². The second-order valence-electron chi connectivity index (χ2n) is 7.57. The highest BCUT2D eigenvalue weighted by atomic mass is 14.8. The summed E-state index contributed by atoms with van der Waals surface area (Å²) in [5.74, 6) is 1.66. The van der Waals surface area contributed by atoms with Crippen molar-refractivity contribution in [3.05, 3.63) is 107 Å². The van der Waals surface area contributed by atoms with Gasteiger partial charge in [-0.2, -0.15) is 0 Å². The highest BCUT2D eigenvalue weighted by molar-refractivity contribution is 5.11. The van der Waals surface area contributed by atoms with Crippen LogP contribution in [0.3, 0.4) is 0 Å². The summed E-state index contributed by atoms with van der Waals surface area (Å²) >= 11 is 0. The summed E-state index contributed by atoms with van der Waals surface area (Å²) in [4.78, 5) is 24.0. The molecule has 0 saturated carbocycles. The number of aromatic nitrogens is 6. The molecule has 6 heteroatoms. The van der Waals surface area contributed by atoms with E-state index in [0.29, 0.717) is 0 Å². The van der Waals surface area contributed by atoms with E-state index < -0.39 is 0 Å². The lowest BCUT2D eigenvalue weighted by Gasteiger charge is -1.89. The topological polar surface area (TPSA) is 77.3 Å². The van der Waals surface area contributed by atoms with E-state index in [2.05, 4.69) is 42.0 Å². The Kier molecular flexibility index (Phi) is 12.0. The van der Waals surface area contributed by atoms with Crippen molar-refractivity contribution in [2.45, 2.75) is 55.4 Å². The molecule has 0 radical (unpaired) electrons. The quantitative estimate of drug-likeness (QED) is 0.362. The molecule has 0 amide bonds. The van der Waals surface area contributed by atoms with Crippen LogP contribution >= 0.6 is 0 Å². The van der Waals surface area contributed by atoms with Crippen molar-refractivity contribution in [3.63, 3.8) is 0 Å². The fourth-order valence-electron chi connectivity index (χ4n) is 2.00. The van der Waals surface area contributed by atoms with E-state index >= 15 is 0 Å². The van der Waals surface area contributed by atoms with Gasteiger partial charge in [0.2, 0.25) is 0 Å². The first-order chi connectivity index (χ1) is 15.2. The SMILES string of the molecule is Cc1ccc(C)nc1.Cc1ccc(C)nc1.Cc1cnc(C)nc1.Cc1cnc(C)nc1.